The molecule has 0 aliphatic carbocycles. The molecule has 1 heterocycles. The summed E-state index contributed by atoms with van der Waals surface area (Å²) in [6, 6.07) is 15.4. The second kappa shape index (κ2) is 8.48. The van der Waals surface area contributed by atoms with E-state index in [2.05, 4.69) is 10.3 Å². The van der Waals surface area contributed by atoms with Crippen LogP contribution in [-0.4, -0.2) is 26.6 Å². The van der Waals surface area contributed by atoms with E-state index in [1.807, 2.05) is 20.8 Å². The first kappa shape index (κ1) is 19.9. The van der Waals surface area contributed by atoms with Crippen molar-refractivity contribution in [3.8, 4) is 17.2 Å². The number of nitrogens with one attached hydrogen (secondary N) is 1. The Morgan fingerprint density at radius 2 is 1.75 bits per heavy atom. The molecular weight excluding hydrogens is 376 g/mol. The average molecular weight is 401 g/mol. The van der Waals surface area contributed by atoms with Gasteiger partial charge in [-0.2, -0.15) is 4.98 Å². The highest BCUT2D eigenvalue weighted by Crippen LogP contribution is 2.33. The third-order valence-corrected chi connectivity index (χ3v) is 5.67. The molecule has 0 saturated carbocycles. The fourth-order valence-corrected chi connectivity index (χ4v) is 3.89. The molecule has 0 bridgehead atoms. The predicted octanol–water partition coefficient (Wildman–Crippen LogP) is 4.64. The summed E-state index contributed by atoms with van der Waals surface area (Å²) in [5.41, 5.74) is 0.672. The zero-order valence-corrected chi connectivity index (χ0v) is 17.0. The van der Waals surface area contributed by atoms with E-state index in [1.165, 1.54) is 0 Å². The predicted molar refractivity (Wildman–Crippen MR) is 108 cm³/mol. The molecule has 0 aliphatic rings. The Morgan fingerprint density at radius 1 is 1.07 bits per heavy atom. The number of benzene rings is 2. The van der Waals surface area contributed by atoms with Gasteiger partial charge in [-0.3, -0.25) is 0 Å². The highest BCUT2D eigenvalue weighted by Gasteiger charge is 2.28. The smallest absolute Gasteiger partial charge is 0.233 e. The van der Waals surface area contributed by atoms with E-state index < -0.39 is 9.84 Å². The molecule has 0 amide bonds. The van der Waals surface area contributed by atoms with Crippen molar-refractivity contribution >= 4 is 15.7 Å². The summed E-state index contributed by atoms with van der Waals surface area (Å²) < 4.78 is 37.5. The van der Waals surface area contributed by atoms with Crippen LogP contribution in [0.3, 0.4) is 0 Å². The van der Waals surface area contributed by atoms with Crippen molar-refractivity contribution in [2.75, 3.05) is 18.5 Å². The molecule has 148 valence electrons. The third-order valence-electron chi connectivity index (χ3n) is 3.99. The van der Waals surface area contributed by atoms with E-state index in [1.54, 1.807) is 54.6 Å². The number of oxazole rings is 1. The van der Waals surface area contributed by atoms with Crippen LogP contribution in [0.4, 0.5) is 5.88 Å². The molecule has 0 spiro atoms. The molecule has 1 N–H and O–H groups in total. The van der Waals surface area contributed by atoms with Crippen LogP contribution in [0.15, 0.2) is 68.9 Å². The summed E-state index contributed by atoms with van der Waals surface area (Å²) in [5, 5.41) is 2.97. The molecule has 3 rings (SSSR count). The van der Waals surface area contributed by atoms with E-state index in [-0.39, 0.29) is 21.7 Å². The molecule has 2 aromatic carbocycles. The van der Waals surface area contributed by atoms with E-state index >= 15 is 0 Å². The fourth-order valence-electron chi connectivity index (χ4n) is 2.59. The highest BCUT2D eigenvalue weighted by molar-refractivity contribution is 7.91. The highest BCUT2D eigenvalue weighted by atomic mass is 32.2. The van der Waals surface area contributed by atoms with Crippen molar-refractivity contribution < 1.29 is 17.6 Å². The molecule has 7 heteroatoms. The number of sulfone groups is 1. The van der Waals surface area contributed by atoms with Crippen LogP contribution in [0.2, 0.25) is 0 Å². The number of ether oxygens (including phenoxy) is 1. The summed E-state index contributed by atoms with van der Waals surface area (Å²) in [6.45, 7) is 7.11. The van der Waals surface area contributed by atoms with Crippen molar-refractivity contribution in [2.45, 2.75) is 30.7 Å². The van der Waals surface area contributed by atoms with Gasteiger partial charge >= 0.3 is 0 Å². The van der Waals surface area contributed by atoms with Crippen molar-refractivity contribution in [3.63, 3.8) is 0 Å². The maximum atomic E-state index is 13.1. The SMILES string of the molecule is CCOc1ccc(-c2nc(S(=O)(=O)c3ccccc3)c(NCC(C)C)o2)cc1. The molecular formula is C21H24N2O4S. The van der Waals surface area contributed by atoms with Gasteiger partial charge in [-0.15, -0.1) is 0 Å². The zero-order chi connectivity index (χ0) is 20.1. The first-order valence-electron chi connectivity index (χ1n) is 9.20. The Labute approximate surface area is 165 Å². The number of hydrogen-bond donors (Lipinski definition) is 1. The van der Waals surface area contributed by atoms with Crippen LogP contribution < -0.4 is 10.1 Å². The van der Waals surface area contributed by atoms with Gasteiger partial charge in [0.2, 0.25) is 26.6 Å². The quantitative estimate of drug-likeness (QED) is 0.593. The minimum atomic E-state index is -3.81. The molecule has 0 radical (unpaired) electrons. The van der Waals surface area contributed by atoms with Crippen LogP contribution in [0.1, 0.15) is 20.8 Å². The number of anilines is 1. The maximum absolute atomic E-state index is 13.1. The van der Waals surface area contributed by atoms with Gasteiger partial charge in [0, 0.05) is 12.1 Å². The normalized spacial score (nSPS) is 11.6. The van der Waals surface area contributed by atoms with Gasteiger partial charge in [0.05, 0.1) is 11.5 Å². The minimum Gasteiger partial charge on any atom is -0.494 e. The first-order valence-corrected chi connectivity index (χ1v) is 10.7. The number of rotatable bonds is 8. The summed E-state index contributed by atoms with van der Waals surface area (Å²) in [7, 11) is -3.81. The minimum absolute atomic E-state index is 0.108. The maximum Gasteiger partial charge on any atom is 0.233 e. The molecule has 3 aromatic rings. The van der Waals surface area contributed by atoms with Crippen LogP contribution in [0, 0.1) is 5.92 Å². The lowest BCUT2D eigenvalue weighted by Crippen LogP contribution is -2.11. The Balaban J connectivity index is 2.03. The Kier molecular flexibility index (Phi) is 6.04. The topological polar surface area (TPSA) is 81.4 Å². The number of nitrogens with zero attached hydrogens (tertiary/aromatic N) is 1. The van der Waals surface area contributed by atoms with E-state index in [4.69, 9.17) is 9.15 Å². The van der Waals surface area contributed by atoms with Crippen LogP contribution in [0.5, 0.6) is 5.75 Å². The van der Waals surface area contributed by atoms with Gasteiger partial charge in [-0.25, -0.2) is 8.42 Å². The fraction of sp³-hybridized carbons (Fsp3) is 0.286. The monoisotopic (exact) mass is 400 g/mol. The average Bonchev–Trinajstić information content (AvgIpc) is 3.13. The summed E-state index contributed by atoms with van der Waals surface area (Å²) in [4.78, 5) is 4.50. The number of aromatic nitrogens is 1. The van der Waals surface area contributed by atoms with Crippen molar-refractivity contribution in [1.82, 2.24) is 4.98 Å². The second-order valence-electron chi connectivity index (χ2n) is 6.70. The molecule has 6 nitrogen and oxygen atoms in total. The lowest BCUT2D eigenvalue weighted by atomic mass is 10.2. The lowest BCUT2D eigenvalue weighted by Gasteiger charge is -2.07. The Morgan fingerprint density at radius 3 is 2.36 bits per heavy atom. The zero-order valence-electron chi connectivity index (χ0n) is 16.2. The summed E-state index contributed by atoms with van der Waals surface area (Å²) in [6.07, 6.45) is 0. The molecule has 0 atom stereocenters. The van der Waals surface area contributed by atoms with Crippen molar-refractivity contribution in [3.05, 3.63) is 54.6 Å². The number of hydrogen-bond acceptors (Lipinski definition) is 6. The molecule has 0 saturated heterocycles. The van der Waals surface area contributed by atoms with Gasteiger partial charge in [-0.05, 0) is 49.2 Å². The summed E-state index contributed by atoms with van der Waals surface area (Å²) in [5.74, 6) is 1.43. The van der Waals surface area contributed by atoms with E-state index in [0.717, 1.165) is 5.75 Å². The molecule has 28 heavy (non-hydrogen) atoms. The van der Waals surface area contributed by atoms with Crippen LogP contribution in [0.25, 0.3) is 11.5 Å². The lowest BCUT2D eigenvalue weighted by molar-refractivity contribution is 0.340. The van der Waals surface area contributed by atoms with Gasteiger partial charge in [-0.1, -0.05) is 32.0 Å². The Hall–Kier alpha value is -2.80. The van der Waals surface area contributed by atoms with Crippen LogP contribution in [-0.2, 0) is 9.84 Å². The standard InChI is InChI=1S/C21H24N2O4S/c1-4-26-17-12-10-16(11-13-17)19-23-21(20(27-19)22-14-15(2)3)28(24,25)18-8-6-5-7-9-18/h5-13,15,22H,4,14H2,1-3H3. The van der Waals surface area contributed by atoms with Gasteiger partial charge in [0.15, 0.2) is 0 Å². The molecule has 0 fully saturated rings. The van der Waals surface area contributed by atoms with Gasteiger partial charge < -0.3 is 14.5 Å². The van der Waals surface area contributed by atoms with Crippen molar-refractivity contribution in [1.29, 1.82) is 0 Å². The van der Waals surface area contributed by atoms with Gasteiger partial charge in [0.1, 0.15) is 5.75 Å². The van der Waals surface area contributed by atoms with E-state index in [0.29, 0.717) is 24.6 Å². The first-order chi connectivity index (χ1) is 13.4. The third kappa shape index (κ3) is 4.36. The Bertz CT molecular complexity index is 1010. The second-order valence-corrected chi connectivity index (χ2v) is 8.57. The van der Waals surface area contributed by atoms with Crippen LogP contribution >= 0.6 is 0 Å². The molecule has 1 aromatic heterocycles. The molecule has 0 aliphatic heterocycles. The van der Waals surface area contributed by atoms with Gasteiger partial charge in [0.25, 0.3) is 0 Å². The van der Waals surface area contributed by atoms with E-state index in [9.17, 15) is 8.42 Å². The molecule has 0 unspecified atom stereocenters. The van der Waals surface area contributed by atoms with Crippen molar-refractivity contribution in [2.24, 2.45) is 5.92 Å². The summed E-state index contributed by atoms with van der Waals surface area (Å²) >= 11 is 0. The largest absolute Gasteiger partial charge is 0.494 e.